The Morgan fingerprint density at radius 2 is 0.414 bits per heavy atom. The molecule has 3 heterocycles. The molecule has 0 radical (unpaired) electrons. The highest BCUT2D eigenvalue weighted by molar-refractivity contribution is 6.16. The fraction of sp³-hybridized carbons (Fsp3) is 0. The lowest BCUT2D eigenvalue weighted by Gasteiger charge is -2.10. The van der Waals surface area contributed by atoms with E-state index >= 15 is 0 Å². The lowest BCUT2D eigenvalue weighted by atomic mass is 9.92. The first kappa shape index (κ1) is 50.0. The van der Waals surface area contributed by atoms with Crippen LogP contribution < -0.4 is 0 Å². The van der Waals surface area contributed by atoms with Crippen molar-refractivity contribution in [3.63, 3.8) is 0 Å². The van der Waals surface area contributed by atoms with Crippen molar-refractivity contribution >= 4 is 65.7 Å². The second-order valence-electron chi connectivity index (χ2n) is 22.8. The van der Waals surface area contributed by atoms with Crippen molar-refractivity contribution in [1.82, 2.24) is 4.98 Å². The smallest absolute Gasteiger partial charge is 0.143 e. The van der Waals surface area contributed by atoms with E-state index < -0.39 is 0 Å². The van der Waals surface area contributed by atoms with Crippen molar-refractivity contribution in [2.75, 3.05) is 0 Å². The second kappa shape index (κ2) is 20.7. The van der Waals surface area contributed by atoms with Gasteiger partial charge in [0.05, 0.1) is 0 Å². The predicted molar refractivity (Wildman–Crippen MR) is 365 cm³/mol. The quantitative estimate of drug-likeness (QED) is 0.148. The molecule has 1 N–H and O–H groups in total. The SMILES string of the molecule is c1ccc(-c2ccc(-c3ccc4oc5c(-c6ccc7[nH]c8ccc(-c9cc(-c%10ccc(-c%11ccccc%11)cc%10)cc%10c9oc9ccc(-c%11ccc(-c%12ccccc%12)cc%11)cc9%10)cc8c7c6)cc(-c6ccc(-c7ccccc7)cc6)cc5c4c3)cc2)cc1. The average molecular weight is 1110 g/mol. The van der Waals surface area contributed by atoms with Crippen molar-refractivity contribution in [3.05, 3.63) is 315 Å². The molecule has 0 unspecified atom stereocenters. The van der Waals surface area contributed by atoms with Gasteiger partial charge in [0.15, 0.2) is 0 Å². The molecule has 3 aromatic heterocycles. The van der Waals surface area contributed by atoms with E-state index in [2.05, 4.69) is 320 Å². The van der Waals surface area contributed by atoms with Crippen molar-refractivity contribution in [2.45, 2.75) is 0 Å². The van der Waals surface area contributed by atoms with Gasteiger partial charge in [0.2, 0.25) is 0 Å². The fourth-order valence-electron chi connectivity index (χ4n) is 13.1. The average Bonchev–Trinajstić information content (AvgIpc) is 1.97. The zero-order valence-corrected chi connectivity index (χ0v) is 47.3. The summed E-state index contributed by atoms with van der Waals surface area (Å²) in [4.78, 5) is 3.79. The summed E-state index contributed by atoms with van der Waals surface area (Å²) in [6.45, 7) is 0. The standard InChI is InChI=1S/C84H53NO2/c1-5-13-53(14-6-1)57-21-29-61(30-22-57)65-39-43-81-75(45-65)77-51-69(63-33-25-59(26-34-63)55-17-9-3-10-18-55)49-71(83(77)86-81)67-37-41-79-73(47-67)74-48-68(38-42-80(74)85-79)72-50-70(64-35-27-60(28-36-64)56-19-11-4-12-20-56)52-78-76-46-66(40-44-82(76)87-84(72)78)62-31-23-58(24-32-62)54-15-7-2-8-16-54/h1-52,85H. The van der Waals surface area contributed by atoms with Crippen molar-refractivity contribution in [1.29, 1.82) is 0 Å². The van der Waals surface area contributed by atoms with Crippen LogP contribution in [0.25, 0.3) is 177 Å². The Morgan fingerprint density at radius 1 is 0.172 bits per heavy atom. The van der Waals surface area contributed by atoms with Crippen LogP contribution >= 0.6 is 0 Å². The minimum Gasteiger partial charge on any atom is -0.455 e. The van der Waals surface area contributed by atoms with Crippen molar-refractivity contribution in [3.8, 4) is 111 Å². The largest absolute Gasteiger partial charge is 0.455 e. The Morgan fingerprint density at radius 3 is 0.736 bits per heavy atom. The monoisotopic (exact) mass is 1110 g/mol. The van der Waals surface area contributed by atoms with E-state index in [-0.39, 0.29) is 0 Å². The fourth-order valence-corrected chi connectivity index (χ4v) is 13.1. The number of nitrogens with one attached hydrogen (secondary N) is 1. The van der Waals surface area contributed by atoms with Gasteiger partial charge in [-0.2, -0.15) is 0 Å². The van der Waals surface area contributed by atoms with Crippen molar-refractivity contribution < 1.29 is 8.83 Å². The normalized spacial score (nSPS) is 11.7. The van der Waals surface area contributed by atoms with Crippen LogP contribution in [0.3, 0.4) is 0 Å². The first-order chi connectivity index (χ1) is 43.0. The summed E-state index contributed by atoms with van der Waals surface area (Å²) in [6.07, 6.45) is 0. The summed E-state index contributed by atoms with van der Waals surface area (Å²) < 4.78 is 14.0. The lowest BCUT2D eigenvalue weighted by Crippen LogP contribution is -1.86. The Bertz CT molecular complexity index is 5090. The molecule has 0 saturated heterocycles. The second-order valence-corrected chi connectivity index (χ2v) is 22.8. The lowest BCUT2D eigenvalue weighted by molar-refractivity contribution is 0.669. The van der Waals surface area contributed by atoms with Crippen LogP contribution in [-0.2, 0) is 0 Å². The molecule has 406 valence electrons. The van der Waals surface area contributed by atoms with Crippen LogP contribution in [0, 0.1) is 0 Å². The maximum atomic E-state index is 7.01. The van der Waals surface area contributed by atoms with Gasteiger partial charge >= 0.3 is 0 Å². The third-order valence-corrected chi connectivity index (χ3v) is 17.7. The van der Waals surface area contributed by atoms with E-state index in [4.69, 9.17) is 8.83 Å². The molecule has 0 fully saturated rings. The van der Waals surface area contributed by atoms with Gasteiger partial charge in [0.1, 0.15) is 22.3 Å². The predicted octanol–water partition coefficient (Wildman–Crippen LogP) is 23.8. The number of fused-ring (bicyclic) bond motifs is 9. The maximum Gasteiger partial charge on any atom is 0.143 e. The Labute approximate surface area is 503 Å². The first-order valence-corrected chi connectivity index (χ1v) is 29.8. The van der Waals surface area contributed by atoms with Gasteiger partial charge in [-0.15, -0.1) is 0 Å². The van der Waals surface area contributed by atoms with Crippen molar-refractivity contribution in [2.24, 2.45) is 0 Å². The van der Waals surface area contributed by atoms with E-state index in [1.54, 1.807) is 0 Å². The Balaban J connectivity index is 0.805. The number of furan rings is 2. The van der Waals surface area contributed by atoms with E-state index in [0.29, 0.717) is 0 Å². The van der Waals surface area contributed by atoms with Crippen LogP contribution in [-0.4, -0.2) is 4.98 Å². The molecule has 14 aromatic carbocycles. The molecule has 0 aliphatic carbocycles. The van der Waals surface area contributed by atoms with Gasteiger partial charge in [0, 0.05) is 54.5 Å². The first-order valence-electron chi connectivity index (χ1n) is 29.8. The number of aromatic amines is 1. The molecule has 87 heavy (non-hydrogen) atoms. The Hall–Kier alpha value is -11.5. The van der Waals surface area contributed by atoms with E-state index in [9.17, 15) is 0 Å². The highest BCUT2D eigenvalue weighted by Crippen LogP contribution is 2.46. The summed E-state index contributed by atoms with van der Waals surface area (Å²) in [5, 5.41) is 6.57. The van der Waals surface area contributed by atoms with Gasteiger partial charge in [0.25, 0.3) is 0 Å². The van der Waals surface area contributed by atoms with Gasteiger partial charge in [-0.25, -0.2) is 0 Å². The molecule has 0 amide bonds. The third kappa shape index (κ3) is 9.00. The number of benzene rings is 14. The van der Waals surface area contributed by atoms with Crippen LogP contribution in [0.1, 0.15) is 0 Å². The van der Waals surface area contributed by atoms with Crippen LogP contribution in [0.4, 0.5) is 0 Å². The summed E-state index contributed by atoms with van der Waals surface area (Å²) in [6, 6.07) is 114. The zero-order chi connectivity index (χ0) is 57.4. The highest BCUT2D eigenvalue weighted by atomic mass is 16.3. The van der Waals surface area contributed by atoms with E-state index in [1.807, 2.05) is 0 Å². The molecule has 0 aliphatic heterocycles. The van der Waals surface area contributed by atoms with Crippen LogP contribution in [0.15, 0.2) is 324 Å². The molecule has 0 aliphatic rings. The summed E-state index contributed by atoms with van der Waals surface area (Å²) in [5.74, 6) is 0. The number of hydrogen-bond donors (Lipinski definition) is 1. The van der Waals surface area contributed by atoms with Gasteiger partial charge in [-0.05, 0) is 173 Å². The molecule has 17 rings (SSSR count). The summed E-state index contributed by atoms with van der Waals surface area (Å²) in [5.41, 5.74) is 28.4. The van der Waals surface area contributed by atoms with E-state index in [0.717, 1.165) is 132 Å². The molecule has 3 heteroatoms. The zero-order valence-electron chi connectivity index (χ0n) is 47.3. The number of rotatable bonds is 10. The molecule has 0 spiro atoms. The molecule has 0 atom stereocenters. The van der Waals surface area contributed by atoms with Gasteiger partial charge in [-0.3, -0.25) is 0 Å². The maximum absolute atomic E-state index is 7.01. The number of H-pyrrole nitrogens is 1. The Kier molecular flexibility index (Phi) is 11.9. The molecular weight excluding hydrogens is 1050 g/mol. The van der Waals surface area contributed by atoms with E-state index in [1.165, 1.54) is 44.5 Å². The molecule has 17 aromatic rings. The molecule has 0 saturated carbocycles. The van der Waals surface area contributed by atoms with Gasteiger partial charge < -0.3 is 13.8 Å². The third-order valence-electron chi connectivity index (χ3n) is 17.7. The highest BCUT2D eigenvalue weighted by Gasteiger charge is 2.21. The van der Waals surface area contributed by atoms with Crippen LogP contribution in [0.2, 0.25) is 0 Å². The minimum atomic E-state index is 0.852. The van der Waals surface area contributed by atoms with Crippen LogP contribution in [0.5, 0.6) is 0 Å². The molecule has 3 nitrogen and oxygen atoms in total. The summed E-state index contributed by atoms with van der Waals surface area (Å²) in [7, 11) is 0. The molecule has 0 bridgehead atoms. The number of hydrogen-bond acceptors (Lipinski definition) is 2. The molecular formula is C84H53NO2. The van der Waals surface area contributed by atoms with Gasteiger partial charge in [-0.1, -0.05) is 243 Å². The topological polar surface area (TPSA) is 42.1 Å². The minimum absolute atomic E-state index is 0.852. The summed E-state index contributed by atoms with van der Waals surface area (Å²) >= 11 is 0. The number of aromatic nitrogens is 1.